The SMILES string of the molecule is C.C.FC(F)(F)C(c1ccc(OCC2CO2)cc1)(c1ccc(OCC2CO2)cc1)C(F)(F)F.O=C1CC(F)(F)C(=O)O1. The first-order valence-electron chi connectivity index (χ1n) is 11.6. The first kappa shape index (κ1) is 34.7. The molecule has 5 rings (SSSR count). The highest BCUT2D eigenvalue weighted by atomic mass is 19.4. The Labute approximate surface area is 235 Å². The average Bonchev–Trinajstić information content (AvgIpc) is 3.77. The van der Waals surface area contributed by atoms with Crippen LogP contribution in [0.25, 0.3) is 0 Å². The summed E-state index contributed by atoms with van der Waals surface area (Å²) < 4.78 is 133. The molecule has 2 aromatic carbocycles. The highest BCUT2D eigenvalue weighted by Gasteiger charge is 2.72. The Hall–Kier alpha value is -3.46. The molecule has 2 atom stereocenters. The van der Waals surface area contributed by atoms with E-state index in [1.54, 1.807) is 0 Å². The number of alkyl halides is 8. The van der Waals surface area contributed by atoms with Gasteiger partial charge >= 0.3 is 30.2 Å². The standard InChI is InChI=1S/C21H18F6O4.C4H2F2O3.2CH4/c22-20(23,24)19(21(25,26)27,13-1-5-15(6-2-13)28-9-17-11-30-17)14-3-7-16(8-4-14)29-10-18-12-31-18;5-4(6)1-2(7)9-3(4)8;;/h1-8,17-18H,9-12H2;1H2;2*1H4. The molecule has 3 aliphatic heterocycles. The van der Waals surface area contributed by atoms with E-state index in [1.165, 1.54) is 0 Å². The van der Waals surface area contributed by atoms with Crippen molar-refractivity contribution in [1.29, 1.82) is 0 Å². The third kappa shape index (κ3) is 7.68. The lowest BCUT2D eigenvalue weighted by molar-refractivity contribution is -0.288. The fourth-order valence-corrected chi connectivity index (χ4v) is 3.76. The molecule has 3 aliphatic rings. The Morgan fingerprint density at radius 3 is 1.29 bits per heavy atom. The first-order valence-corrected chi connectivity index (χ1v) is 11.6. The topological polar surface area (TPSA) is 86.9 Å². The van der Waals surface area contributed by atoms with Crippen molar-refractivity contribution < 1.29 is 68.4 Å². The molecule has 2 aromatic rings. The van der Waals surface area contributed by atoms with Crippen molar-refractivity contribution in [2.45, 2.75) is 57.2 Å². The Morgan fingerprint density at radius 1 is 0.714 bits per heavy atom. The number of esters is 2. The quantitative estimate of drug-likeness (QED) is 0.155. The van der Waals surface area contributed by atoms with Crippen LogP contribution in [0.1, 0.15) is 32.4 Å². The molecule has 3 fully saturated rings. The third-order valence-electron chi connectivity index (χ3n) is 5.97. The van der Waals surface area contributed by atoms with E-state index >= 15 is 0 Å². The second-order valence-electron chi connectivity index (χ2n) is 8.97. The number of hydrogen-bond donors (Lipinski definition) is 0. The molecule has 0 aliphatic carbocycles. The molecule has 0 amide bonds. The van der Waals surface area contributed by atoms with Gasteiger partial charge in [0.05, 0.1) is 13.2 Å². The molecule has 0 saturated carbocycles. The Bertz CT molecular complexity index is 1130. The summed E-state index contributed by atoms with van der Waals surface area (Å²) in [6.45, 7) is 1.38. The minimum atomic E-state index is -5.65. The van der Waals surface area contributed by atoms with Crippen LogP contribution in [-0.4, -0.2) is 68.8 Å². The summed E-state index contributed by atoms with van der Waals surface area (Å²) in [5, 5.41) is 0. The van der Waals surface area contributed by atoms with Gasteiger partial charge in [-0.3, -0.25) is 4.79 Å². The minimum absolute atomic E-state index is 0. The number of epoxide rings is 2. The van der Waals surface area contributed by atoms with Gasteiger partial charge in [-0.15, -0.1) is 0 Å². The summed E-state index contributed by atoms with van der Waals surface area (Å²) in [4.78, 5) is 19.9. The van der Waals surface area contributed by atoms with Gasteiger partial charge in [-0.1, -0.05) is 39.1 Å². The van der Waals surface area contributed by atoms with Crippen LogP contribution in [0.4, 0.5) is 35.1 Å². The van der Waals surface area contributed by atoms with Crippen LogP contribution in [0, 0.1) is 0 Å². The summed E-state index contributed by atoms with van der Waals surface area (Å²) in [6.07, 6.45) is -12.6. The number of rotatable bonds is 8. The van der Waals surface area contributed by atoms with Gasteiger partial charge in [0.2, 0.25) is 5.41 Å². The van der Waals surface area contributed by atoms with Gasteiger partial charge in [0, 0.05) is 0 Å². The number of carbonyl (C=O) groups is 2. The van der Waals surface area contributed by atoms with Crippen LogP contribution in [0.15, 0.2) is 48.5 Å². The van der Waals surface area contributed by atoms with E-state index in [1.807, 2.05) is 0 Å². The van der Waals surface area contributed by atoms with Crippen molar-refractivity contribution in [2.75, 3.05) is 26.4 Å². The van der Waals surface area contributed by atoms with Crippen molar-refractivity contribution in [3.05, 3.63) is 59.7 Å². The van der Waals surface area contributed by atoms with E-state index in [9.17, 15) is 44.7 Å². The molecule has 15 heteroatoms. The zero-order valence-corrected chi connectivity index (χ0v) is 20.2. The van der Waals surface area contributed by atoms with Gasteiger partial charge < -0.3 is 23.7 Å². The molecule has 0 radical (unpaired) electrons. The zero-order chi connectivity index (χ0) is 29.3. The van der Waals surface area contributed by atoms with Gasteiger partial charge in [-0.2, -0.15) is 35.1 Å². The van der Waals surface area contributed by atoms with Crippen molar-refractivity contribution in [3.63, 3.8) is 0 Å². The van der Waals surface area contributed by atoms with Crippen LogP contribution in [0.5, 0.6) is 11.5 Å². The molecule has 0 spiro atoms. The van der Waals surface area contributed by atoms with Crippen LogP contribution in [0.2, 0.25) is 0 Å². The average molecular weight is 616 g/mol. The van der Waals surface area contributed by atoms with Crippen LogP contribution in [0.3, 0.4) is 0 Å². The Kier molecular flexibility index (Phi) is 10.6. The maximum Gasteiger partial charge on any atom is 0.411 e. The number of hydrogen-bond acceptors (Lipinski definition) is 7. The summed E-state index contributed by atoms with van der Waals surface area (Å²) in [5.74, 6) is -6.18. The summed E-state index contributed by atoms with van der Waals surface area (Å²) >= 11 is 0. The molecule has 7 nitrogen and oxygen atoms in total. The van der Waals surface area contributed by atoms with Gasteiger partial charge in [0.1, 0.15) is 43.3 Å². The summed E-state index contributed by atoms with van der Waals surface area (Å²) in [7, 11) is 0. The fraction of sp³-hybridized carbons (Fsp3) is 0.481. The second-order valence-corrected chi connectivity index (χ2v) is 8.97. The van der Waals surface area contributed by atoms with Gasteiger partial charge in [0.15, 0.2) is 0 Å². The smallest absolute Gasteiger partial charge is 0.411 e. The minimum Gasteiger partial charge on any atom is -0.491 e. The monoisotopic (exact) mass is 616 g/mol. The van der Waals surface area contributed by atoms with Crippen molar-refractivity contribution in [2.24, 2.45) is 0 Å². The lowest BCUT2D eigenvalue weighted by Crippen LogP contribution is -2.54. The van der Waals surface area contributed by atoms with Crippen LogP contribution < -0.4 is 9.47 Å². The third-order valence-corrected chi connectivity index (χ3v) is 5.97. The first-order chi connectivity index (χ1) is 18.6. The van der Waals surface area contributed by atoms with E-state index < -0.39 is 53.2 Å². The van der Waals surface area contributed by atoms with E-state index in [4.69, 9.17) is 18.9 Å². The highest BCUT2D eigenvalue weighted by molar-refractivity contribution is 5.98. The maximum absolute atomic E-state index is 14.2. The van der Waals surface area contributed by atoms with E-state index in [0.29, 0.717) is 13.2 Å². The zero-order valence-electron chi connectivity index (χ0n) is 20.2. The predicted molar refractivity (Wildman–Crippen MR) is 130 cm³/mol. The number of ether oxygens (including phenoxy) is 5. The molecule has 42 heavy (non-hydrogen) atoms. The molecular formula is C27H28F8O7. The number of cyclic esters (lactones) is 2. The van der Waals surface area contributed by atoms with Crippen molar-refractivity contribution >= 4 is 11.9 Å². The summed E-state index contributed by atoms with van der Waals surface area (Å²) in [5.41, 5.74) is -6.12. The fourth-order valence-electron chi connectivity index (χ4n) is 3.76. The van der Waals surface area contributed by atoms with Gasteiger partial charge in [-0.25, -0.2) is 4.79 Å². The van der Waals surface area contributed by atoms with Crippen LogP contribution in [-0.2, 0) is 29.2 Å². The highest BCUT2D eigenvalue weighted by Crippen LogP contribution is 2.56. The van der Waals surface area contributed by atoms with E-state index in [2.05, 4.69) is 4.74 Å². The normalized spacial score (nSPS) is 20.7. The molecule has 0 aromatic heterocycles. The molecule has 3 heterocycles. The van der Waals surface area contributed by atoms with Gasteiger partial charge in [0.25, 0.3) is 0 Å². The molecule has 3 saturated heterocycles. The van der Waals surface area contributed by atoms with Crippen LogP contribution >= 0.6 is 0 Å². The summed E-state index contributed by atoms with van der Waals surface area (Å²) in [6, 6.07) is 7.54. The van der Waals surface area contributed by atoms with Crippen molar-refractivity contribution in [3.8, 4) is 11.5 Å². The number of benzene rings is 2. The number of halogens is 8. The molecule has 0 bridgehead atoms. The van der Waals surface area contributed by atoms with E-state index in [0.717, 1.165) is 48.5 Å². The second kappa shape index (κ2) is 12.8. The van der Waals surface area contributed by atoms with Gasteiger partial charge in [-0.05, 0) is 35.4 Å². The molecular weight excluding hydrogens is 588 g/mol. The lowest BCUT2D eigenvalue weighted by Gasteiger charge is -2.38. The Balaban J connectivity index is 0.000000482. The largest absolute Gasteiger partial charge is 0.491 e. The lowest BCUT2D eigenvalue weighted by atomic mass is 9.73. The predicted octanol–water partition coefficient (Wildman–Crippen LogP) is 6.02. The number of carbonyl (C=O) groups excluding carboxylic acids is 2. The molecule has 2 unspecified atom stereocenters. The molecule has 234 valence electrons. The van der Waals surface area contributed by atoms with Crippen molar-refractivity contribution in [1.82, 2.24) is 0 Å². The maximum atomic E-state index is 14.2. The molecule has 0 N–H and O–H groups in total. The van der Waals surface area contributed by atoms with E-state index in [-0.39, 0.29) is 51.8 Å². The Morgan fingerprint density at radius 2 is 1.07 bits per heavy atom.